The number of ketones is 1. The monoisotopic (exact) mass is 355 g/mol. The van der Waals surface area contributed by atoms with Gasteiger partial charge in [0.1, 0.15) is 5.82 Å². The Morgan fingerprint density at radius 3 is 2.35 bits per heavy atom. The summed E-state index contributed by atoms with van der Waals surface area (Å²) in [6.07, 6.45) is 1.71. The highest BCUT2D eigenvalue weighted by Gasteiger charge is 2.37. The summed E-state index contributed by atoms with van der Waals surface area (Å²) >= 11 is 0. The first kappa shape index (κ1) is 18.3. The molecule has 0 spiro atoms. The zero-order valence-corrected chi connectivity index (χ0v) is 14.5. The minimum Gasteiger partial charge on any atom is -0.396 e. The molecular formula is C21H22FNO3. The van der Waals surface area contributed by atoms with E-state index in [0.717, 1.165) is 5.56 Å². The van der Waals surface area contributed by atoms with Crippen molar-refractivity contribution in [1.29, 1.82) is 0 Å². The second-order valence-corrected chi connectivity index (χ2v) is 6.95. The van der Waals surface area contributed by atoms with Crippen LogP contribution in [0.15, 0.2) is 54.6 Å². The fraction of sp³-hybridized carbons (Fsp3) is 0.333. The summed E-state index contributed by atoms with van der Waals surface area (Å²) in [5, 5.41) is 9.92. The Bertz CT molecular complexity index is 783. The molecule has 1 saturated heterocycles. The van der Waals surface area contributed by atoms with Crippen LogP contribution in [0.2, 0.25) is 0 Å². The van der Waals surface area contributed by atoms with Crippen molar-refractivity contribution < 1.29 is 19.1 Å². The molecule has 1 aliphatic rings. The minimum atomic E-state index is -0.507. The molecule has 2 aromatic rings. The maximum atomic E-state index is 13.4. The number of likely N-dealkylation sites (tertiary alicyclic amines) is 1. The maximum Gasteiger partial charge on any atom is 0.294 e. The fourth-order valence-corrected chi connectivity index (χ4v) is 3.51. The number of rotatable bonds is 5. The normalized spacial score (nSPS) is 16.3. The molecule has 0 atom stereocenters. The van der Waals surface area contributed by atoms with Crippen molar-refractivity contribution in [3.8, 4) is 0 Å². The molecule has 1 fully saturated rings. The van der Waals surface area contributed by atoms with Gasteiger partial charge in [-0.05, 0) is 37.0 Å². The van der Waals surface area contributed by atoms with Crippen molar-refractivity contribution in [2.24, 2.45) is 5.41 Å². The molecule has 26 heavy (non-hydrogen) atoms. The number of piperidine rings is 1. The molecular weight excluding hydrogens is 333 g/mol. The third-order valence-corrected chi connectivity index (χ3v) is 5.15. The Labute approximate surface area is 152 Å². The lowest BCUT2D eigenvalue weighted by Crippen LogP contribution is -2.47. The summed E-state index contributed by atoms with van der Waals surface area (Å²) in [6.45, 7) is 0.790. The van der Waals surface area contributed by atoms with Crippen LogP contribution in [0.5, 0.6) is 0 Å². The molecule has 0 bridgehead atoms. The molecule has 136 valence electrons. The van der Waals surface area contributed by atoms with Crippen molar-refractivity contribution in [2.75, 3.05) is 19.7 Å². The van der Waals surface area contributed by atoms with Crippen LogP contribution in [0.4, 0.5) is 4.39 Å². The van der Waals surface area contributed by atoms with Gasteiger partial charge in [0.15, 0.2) is 0 Å². The predicted molar refractivity (Wildman–Crippen MR) is 96.2 cm³/mol. The van der Waals surface area contributed by atoms with Crippen LogP contribution in [0.1, 0.15) is 28.8 Å². The van der Waals surface area contributed by atoms with Crippen LogP contribution in [0.25, 0.3) is 0 Å². The number of carbonyl (C=O) groups is 2. The van der Waals surface area contributed by atoms with E-state index in [1.165, 1.54) is 12.1 Å². The summed E-state index contributed by atoms with van der Waals surface area (Å²) < 4.78 is 13.4. The smallest absolute Gasteiger partial charge is 0.294 e. The predicted octanol–water partition coefficient (Wildman–Crippen LogP) is 2.85. The van der Waals surface area contributed by atoms with E-state index in [9.17, 15) is 19.1 Å². The number of aliphatic hydroxyl groups is 1. The molecule has 0 aromatic heterocycles. The first-order valence-corrected chi connectivity index (χ1v) is 8.77. The number of carbonyl (C=O) groups excluding carboxylic acids is 2. The van der Waals surface area contributed by atoms with E-state index in [1.807, 2.05) is 6.07 Å². The summed E-state index contributed by atoms with van der Waals surface area (Å²) in [5.41, 5.74) is 0.829. The molecule has 0 saturated carbocycles. The molecule has 3 rings (SSSR count). The van der Waals surface area contributed by atoms with Crippen LogP contribution >= 0.6 is 0 Å². The first-order chi connectivity index (χ1) is 12.5. The molecule has 2 aromatic carbocycles. The van der Waals surface area contributed by atoms with E-state index in [0.29, 0.717) is 37.9 Å². The largest absolute Gasteiger partial charge is 0.396 e. The fourth-order valence-electron chi connectivity index (χ4n) is 3.51. The van der Waals surface area contributed by atoms with Crippen LogP contribution < -0.4 is 0 Å². The van der Waals surface area contributed by atoms with Gasteiger partial charge in [-0.15, -0.1) is 0 Å². The number of amides is 1. The van der Waals surface area contributed by atoms with Gasteiger partial charge in [-0.25, -0.2) is 4.39 Å². The first-order valence-electron chi connectivity index (χ1n) is 8.77. The highest BCUT2D eigenvalue weighted by atomic mass is 19.1. The SMILES string of the molecule is O=C(C(=O)N1CCC(CO)(Cc2cccc(F)c2)CC1)c1ccccc1. The van der Waals surface area contributed by atoms with Crippen LogP contribution in [-0.4, -0.2) is 41.4 Å². The average Bonchev–Trinajstić information content (AvgIpc) is 2.68. The second kappa shape index (κ2) is 7.79. The van der Waals surface area contributed by atoms with E-state index < -0.39 is 11.7 Å². The van der Waals surface area contributed by atoms with E-state index in [4.69, 9.17) is 0 Å². The van der Waals surface area contributed by atoms with Crippen molar-refractivity contribution in [1.82, 2.24) is 4.90 Å². The summed E-state index contributed by atoms with van der Waals surface area (Å²) in [5.74, 6) is -1.31. The summed E-state index contributed by atoms with van der Waals surface area (Å²) in [4.78, 5) is 26.3. The van der Waals surface area contributed by atoms with Crippen molar-refractivity contribution in [2.45, 2.75) is 19.3 Å². The number of Topliss-reactive ketones (excluding diaryl/α,β-unsaturated/α-hetero) is 1. The quantitative estimate of drug-likeness (QED) is 0.663. The lowest BCUT2D eigenvalue weighted by Gasteiger charge is -2.40. The molecule has 1 amide bonds. The molecule has 1 heterocycles. The molecule has 5 heteroatoms. The molecule has 0 unspecified atom stereocenters. The topological polar surface area (TPSA) is 57.6 Å². The van der Waals surface area contributed by atoms with Crippen molar-refractivity contribution >= 4 is 11.7 Å². The van der Waals surface area contributed by atoms with Crippen LogP contribution in [0.3, 0.4) is 0 Å². The summed E-state index contributed by atoms with van der Waals surface area (Å²) in [7, 11) is 0. The third kappa shape index (κ3) is 3.99. The van der Waals surface area contributed by atoms with Crippen LogP contribution in [-0.2, 0) is 11.2 Å². The number of hydrogen-bond acceptors (Lipinski definition) is 3. The minimum absolute atomic E-state index is 0.0296. The number of nitrogens with zero attached hydrogens (tertiary/aromatic N) is 1. The number of hydrogen-bond donors (Lipinski definition) is 1. The standard InChI is InChI=1S/C21H22FNO3/c22-18-8-4-5-16(13-18)14-21(15-24)9-11-23(12-10-21)20(26)19(25)17-6-2-1-3-7-17/h1-8,13,24H,9-12,14-15H2. The Hall–Kier alpha value is -2.53. The van der Waals surface area contributed by atoms with Gasteiger partial charge < -0.3 is 10.0 Å². The van der Waals surface area contributed by atoms with E-state index in [1.54, 1.807) is 41.3 Å². The maximum absolute atomic E-state index is 13.4. The van der Waals surface area contributed by atoms with Gasteiger partial charge in [0.05, 0.1) is 0 Å². The van der Waals surface area contributed by atoms with Gasteiger partial charge in [0.2, 0.25) is 5.78 Å². The Kier molecular flexibility index (Phi) is 5.47. The van der Waals surface area contributed by atoms with Gasteiger partial charge >= 0.3 is 0 Å². The number of aliphatic hydroxyl groups excluding tert-OH is 1. The Morgan fingerprint density at radius 1 is 1.04 bits per heavy atom. The van der Waals surface area contributed by atoms with Gasteiger partial charge in [-0.2, -0.15) is 0 Å². The lowest BCUT2D eigenvalue weighted by molar-refractivity contribution is -0.129. The lowest BCUT2D eigenvalue weighted by atomic mass is 9.74. The van der Waals surface area contributed by atoms with Gasteiger partial charge in [-0.3, -0.25) is 9.59 Å². The number of benzene rings is 2. The van der Waals surface area contributed by atoms with E-state index in [2.05, 4.69) is 0 Å². The molecule has 1 aliphatic heterocycles. The highest BCUT2D eigenvalue weighted by molar-refractivity contribution is 6.42. The zero-order chi connectivity index (χ0) is 18.6. The van der Waals surface area contributed by atoms with E-state index in [-0.39, 0.29) is 17.8 Å². The molecule has 1 N–H and O–H groups in total. The zero-order valence-electron chi connectivity index (χ0n) is 14.5. The van der Waals surface area contributed by atoms with Gasteiger partial charge in [-0.1, -0.05) is 42.5 Å². The van der Waals surface area contributed by atoms with Crippen LogP contribution in [0, 0.1) is 11.2 Å². The van der Waals surface area contributed by atoms with Gasteiger partial charge in [0, 0.05) is 30.7 Å². The third-order valence-electron chi connectivity index (χ3n) is 5.15. The molecule has 0 aliphatic carbocycles. The number of halogens is 1. The highest BCUT2D eigenvalue weighted by Crippen LogP contribution is 2.35. The molecule has 4 nitrogen and oxygen atoms in total. The second-order valence-electron chi connectivity index (χ2n) is 6.95. The Morgan fingerprint density at radius 2 is 1.73 bits per heavy atom. The van der Waals surface area contributed by atoms with E-state index >= 15 is 0 Å². The van der Waals surface area contributed by atoms with Crippen molar-refractivity contribution in [3.63, 3.8) is 0 Å². The average molecular weight is 355 g/mol. The van der Waals surface area contributed by atoms with Gasteiger partial charge in [0.25, 0.3) is 5.91 Å². The Balaban J connectivity index is 1.65. The summed E-state index contributed by atoms with van der Waals surface area (Å²) in [6, 6.07) is 14.9. The molecule has 0 radical (unpaired) electrons. The van der Waals surface area contributed by atoms with Crippen molar-refractivity contribution in [3.05, 3.63) is 71.5 Å².